The molecule has 0 spiro atoms. The lowest BCUT2D eigenvalue weighted by molar-refractivity contribution is 0.143. The predicted octanol–water partition coefficient (Wildman–Crippen LogP) is 2.97. The number of hydrogen-bond acceptors (Lipinski definition) is 5. The number of aliphatic hydroxyl groups excluding tert-OH is 1. The number of aliphatic imine (C=N–C) groups is 1. The highest BCUT2D eigenvalue weighted by Crippen LogP contribution is 2.29. The second-order valence-corrected chi connectivity index (χ2v) is 6.54. The standard InChI is InChI=1S/C20H36N4O3.HI/c1-5-20(6-2,10-12-25)16-24-19(21-7-3)23-15-17-9-8-11-22-18(17)27-14-13-26-4;/h8-9,11,25H,5-7,10,12-16H2,1-4H3,(H2,21,23,24);1H. The number of hydrogen-bond donors (Lipinski definition) is 3. The number of nitrogens with zero attached hydrogens (tertiary/aromatic N) is 2. The molecule has 0 unspecified atom stereocenters. The summed E-state index contributed by atoms with van der Waals surface area (Å²) in [4.78, 5) is 8.98. The molecule has 0 aliphatic carbocycles. The Morgan fingerprint density at radius 2 is 1.96 bits per heavy atom. The fraction of sp³-hybridized carbons (Fsp3) is 0.700. The Balaban J connectivity index is 0.00000729. The van der Waals surface area contributed by atoms with E-state index in [0.717, 1.165) is 43.9 Å². The first-order valence-corrected chi connectivity index (χ1v) is 9.83. The van der Waals surface area contributed by atoms with Crippen LogP contribution >= 0.6 is 24.0 Å². The molecular formula is C20H37IN4O3. The summed E-state index contributed by atoms with van der Waals surface area (Å²) >= 11 is 0. The zero-order valence-corrected chi connectivity index (χ0v) is 20.0. The van der Waals surface area contributed by atoms with Crippen molar-refractivity contribution in [1.29, 1.82) is 0 Å². The van der Waals surface area contributed by atoms with Gasteiger partial charge in [-0.1, -0.05) is 19.9 Å². The minimum absolute atomic E-state index is 0. The number of halogens is 1. The highest BCUT2D eigenvalue weighted by atomic mass is 127. The first-order valence-electron chi connectivity index (χ1n) is 9.83. The Morgan fingerprint density at radius 3 is 2.57 bits per heavy atom. The van der Waals surface area contributed by atoms with E-state index in [4.69, 9.17) is 9.47 Å². The fourth-order valence-corrected chi connectivity index (χ4v) is 2.85. The van der Waals surface area contributed by atoms with Gasteiger partial charge in [0.05, 0.1) is 13.2 Å². The number of rotatable bonds is 13. The maximum absolute atomic E-state index is 9.40. The molecule has 0 radical (unpaired) electrons. The minimum Gasteiger partial charge on any atom is -0.475 e. The number of ether oxygens (including phenoxy) is 2. The van der Waals surface area contributed by atoms with Crippen LogP contribution in [0.4, 0.5) is 0 Å². The van der Waals surface area contributed by atoms with E-state index in [0.29, 0.717) is 25.6 Å². The molecule has 162 valence electrons. The summed E-state index contributed by atoms with van der Waals surface area (Å²) in [6.45, 7) is 9.59. The smallest absolute Gasteiger partial charge is 0.218 e. The largest absolute Gasteiger partial charge is 0.475 e. The van der Waals surface area contributed by atoms with Crippen LogP contribution in [0.15, 0.2) is 23.3 Å². The van der Waals surface area contributed by atoms with Crippen LogP contribution in [0.1, 0.15) is 45.6 Å². The predicted molar refractivity (Wildman–Crippen MR) is 125 cm³/mol. The SMILES string of the molecule is CCNC(=NCc1cccnc1OCCOC)NCC(CC)(CC)CCO.I. The third-order valence-corrected chi connectivity index (χ3v) is 4.90. The normalized spacial score (nSPS) is 11.7. The zero-order valence-electron chi connectivity index (χ0n) is 17.7. The van der Waals surface area contributed by atoms with Gasteiger partial charge in [0.2, 0.25) is 5.88 Å². The van der Waals surface area contributed by atoms with Gasteiger partial charge in [-0.25, -0.2) is 9.98 Å². The number of pyridine rings is 1. The van der Waals surface area contributed by atoms with Crippen molar-refractivity contribution >= 4 is 29.9 Å². The highest BCUT2D eigenvalue weighted by molar-refractivity contribution is 14.0. The highest BCUT2D eigenvalue weighted by Gasteiger charge is 2.25. The third-order valence-electron chi connectivity index (χ3n) is 4.90. The van der Waals surface area contributed by atoms with Gasteiger partial charge in [0.15, 0.2) is 5.96 Å². The van der Waals surface area contributed by atoms with Crippen molar-refractivity contribution in [3.05, 3.63) is 23.9 Å². The molecule has 7 nitrogen and oxygen atoms in total. The van der Waals surface area contributed by atoms with Gasteiger partial charge >= 0.3 is 0 Å². The molecule has 1 aromatic heterocycles. The van der Waals surface area contributed by atoms with Gasteiger partial charge in [-0.05, 0) is 37.7 Å². The van der Waals surface area contributed by atoms with Crippen LogP contribution in [0.2, 0.25) is 0 Å². The summed E-state index contributed by atoms with van der Waals surface area (Å²) in [6, 6.07) is 3.85. The summed E-state index contributed by atoms with van der Waals surface area (Å²) in [6.07, 6.45) is 4.52. The molecule has 0 aliphatic rings. The third kappa shape index (κ3) is 9.38. The van der Waals surface area contributed by atoms with E-state index in [1.807, 2.05) is 19.1 Å². The van der Waals surface area contributed by atoms with Crippen LogP contribution in [0.5, 0.6) is 5.88 Å². The number of nitrogens with one attached hydrogen (secondary N) is 2. The van der Waals surface area contributed by atoms with Gasteiger partial charge < -0.3 is 25.2 Å². The molecule has 1 heterocycles. The molecule has 1 rings (SSSR count). The van der Waals surface area contributed by atoms with Crippen molar-refractivity contribution in [2.45, 2.75) is 46.6 Å². The molecule has 0 saturated carbocycles. The quantitative estimate of drug-likeness (QED) is 0.164. The molecule has 8 heteroatoms. The van der Waals surface area contributed by atoms with Crippen LogP contribution in [-0.4, -0.2) is 56.1 Å². The van der Waals surface area contributed by atoms with Crippen LogP contribution in [0.25, 0.3) is 0 Å². The molecule has 0 aromatic carbocycles. The van der Waals surface area contributed by atoms with Crippen molar-refractivity contribution in [3.63, 3.8) is 0 Å². The summed E-state index contributed by atoms with van der Waals surface area (Å²) < 4.78 is 10.7. The average Bonchev–Trinajstić information content (AvgIpc) is 2.70. The lowest BCUT2D eigenvalue weighted by atomic mass is 9.79. The van der Waals surface area contributed by atoms with Crippen LogP contribution in [0, 0.1) is 5.41 Å². The molecule has 0 atom stereocenters. The molecule has 28 heavy (non-hydrogen) atoms. The van der Waals surface area contributed by atoms with E-state index in [2.05, 4.69) is 34.5 Å². The Hall–Kier alpha value is -1.13. The van der Waals surface area contributed by atoms with Gasteiger partial charge in [0.25, 0.3) is 0 Å². The van der Waals surface area contributed by atoms with Crippen LogP contribution < -0.4 is 15.4 Å². The van der Waals surface area contributed by atoms with E-state index < -0.39 is 0 Å². The molecule has 3 N–H and O–H groups in total. The Labute approximate surface area is 186 Å². The number of methoxy groups -OCH3 is 1. The van der Waals surface area contributed by atoms with E-state index in [1.165, 1.54) is 0 Å². The second kappa shape index (κ2) is 15.8. The summed E-state index contributed by atoms with van der Waals surface area (Å²) in [5.41, 5.74) is 1.01. The molecule has 0 bridgehead atoms. The van der Waals surface area contributed by atoms with E-state index >= 15 is 0 Å². The maximum Gasteiger partial charge on any atom is 0.218 e. The average molecular weight is 508 g/mol. The Kier molecular flexibility index (Phi) is 15.1. The molecule has 0 saturated heterocycles. The Bertz CT molecular complexity index is 554. The minimum atomic E-state index is 0. The van der Waals surface area contributed by atoms with Crippen molar-refractivity contribution in [1.82, 2.24) is 15.6 Å². The van der Waals surface area contributed by atoms with E-state index in [-0.39, 0.29) is 36.0 Å². The molecule has 0 fully saturated rings. The number of aliphatic hydroxyl groups is 1. The van der Waals surface area contributed by atoms with Gasteiger partial charge in [0.1, 0.15) is 6.61 Å². The maximum atomic E-state index is 9.40. The van der Waals surface area contributed by atoms with Crippen LogP contribution in [-0.2, 0) is 11.3 Å². The zero-order chi connectivity index (χ0) is 20.0. The summed E-state index contributed by atoms with van der Waals surface area (Å²) in [5, 5.41) is 16.1. The van der Waals surface area contributed by atoms with Crippen molar-refractivity contribution in [2.24, 2.45) is 10.4 Å². The lowest BCUT2D eigenvalue weighted by Crippen LogP contribution is -2.43. The number of aromatic nitrogens is 1. The first-order chi connectivity index (χ1) is 13.1. The van der Waals surface area contributed by atoms with E-state index in [1.54, 1.807) is 13.3 Å². The second-order valence-electron chi connectivity index (χ2n) is 6.54. The molecule has 0 aliphatic heterocycles. The lowest BCUT2D eigenvalue weighted by Gasteiger charge is -2.32. The molecule has 0 amide bonds. The van der Waals surface area contributed by atoms with Gasteiger partial charge in [-0.3, -0.25) is 0 Å². The van der Waals surface area contributed by atoms with Gasteiger partial charge in [0, 0.05) is 38.6 Å². The summed E-state index contributed by atoms with van der Waals surface area (Å²) in [7, 11) is 1.64. The van der Waals surface area contributed by atoms with E-state index in [9.17, 15) is 5.11 Å². The fourth-order valence-electron chi connectivity index (χ4n) is 2.85. The molecular weight excluding hydrogens is 471 g/mol. The first kappa shape index (κ1) is 26.9. The van der Waals surface area contributed by atoms with Gasteiger partial charge in [-0.2, -0.15) is 0 Å². The van der Waals surface area contributed by atoms with Crippen LogP contribution in [0.3, 0.4) is 0 Å². The topological polar surface area (TPSA) is 88.0 Å². The van der Waals surface area contributed by atoms with Crippen molar-refractivity contribution in [2.75, 3.05) is 40.0 Å². The number of guanidine groups is 1. The van der Waals surface area contributed by atoms with Gasteiger partial charge in [-0.15, -0.1) is 24.0 Å². The Morgan fingerprint density at radius 1 is 1.21 bits per heavy atom. The van der Waals surface area contributed by atoms with Crippen molar-refractivity contribution in [3.8, 4) is 5.88 Å². The summed E-state index contributed by atoms with van der Waals surface area (Å²) in [5.74, 6) is 1.35. The monoisotopic (exact) mass is 508 g/mol. The van der Waals surface area contributed by atoms with Crippen molar-refractivity contribution < 1.29 is 14.6 Å². The molecule has 1 aromatic rings.